The number of carbonyl (C=O) groups excluding carboxylic acids is 3. The van der Waals surface area contributed by atoms with Gasteiger partial charge in [0.05, 0.1) is 24.1 Å². The number of thioether (sulfide) groups is 1. The minimum Gasteiger partial charge on any atom is -0.496 e. The van der Waals surface area contributed by atoms with Crippen LogP contribution in [0.15, 0.2) is 41.3 Å². The van der Waals surface area contributed by atoms with Crippen LogP contribution in [-0.2, 0) is 16.0 Å². The Labute approximate surface area is 169 Å². The molecule has 1 fully saturated rings. The van der Waals surface area contributed by atoms with E-state index in [1.807, 2.05) is 0 Å². The Kier molecular flexibility index (Phi) is 6.01. The summed E-state index contributed by atoms with van der Waals surface area (Å²) < 4.78 is 19.1. The second-order valence-corrected chi connectivity index (χ2v) is 7.22. The quantitative estimate of drug-likeness (QED) is 0.714. The number of ether oxygens (including phenoxy) is 1. The molecular formula is C19H14ClFN2O4S. The molecule has 0 bridgehead atoms. The van der Waals surface area contributed by atoms with Crippen LogP contribution in [0, 0.1) is 5.82 Å². The summed E-state index contributed by atoms with van der Waals surface area (Å²) in [6.45, 7) is 0. The zero-order valence-corrected chi connectivity index (χ0v) is 16.1. The summed E-state index contributed by atoms with van der Waals surface area (Å²) in [4.78, 5) is 35.5. The van der Waals surface area contributed by atoms with E-state index in [-0.39, 0.29) is 22.0 Å². The lowest BCUT2D eigenvalue weighted by Gasteiger charge is -2.11. The van der Waals surface area contributed by atoms with E-state index in [9.17, 15) is 18.8 Å². The molecule has 1 saturated heterocycles. The Bertz CT molecular complexity index is 1010. The van der Waals surface area contributed by atoms with Gasteiger partial charge >= 0.3 is 0 Å². The van der Waals surface area contributed by atoms with Gasteiger partial charge in [0.25, 0.3) is 11.1 Å². The predicted molar refractivity (Wildman–Crippen MR) is 106 cm³/mol. The molecule has 144 valence electrons. The van der Waals surface area contributed by atoms with Crippen LogP contribution < -0.4 is 15.4 Å². The molecule has 1 aliphatic rings. The predicted octanol–water partition coefficient (Wildman–Crippen LogP) is 3.99. The number of methoxy groups -OCH3 is 1. The average Bonchev–Trinajstić information content (AvgIpc) is 2.95. The number of nitrogens with one attached hydrogen (secondary N) is 2. The monoisotopic (exact) mass is 420 g/mol. The third kappa shape index (κ3) is 4.71. The van der Waals surface area contributed by atoms with Gasteiger partial charge in [-0.25, -0.2) is 4.39 Å². The summed E-state index contributed by atoms with van der Waals surface area (Å²) in [6.07, 6.45) is 1.46. The van der Waals surface area contributed by atoms with Gasteiger partial charge in [-0.1, -0.05) is 17.7 Å². The average molecular weight is 421 g/mol. The third-order valence-electron chi connectivity index (χ3n) is 3.80. The molecule has 2 aromatic carbocycles. The first-order chi connectivity index (χ1) is 13.4. The summed E-state index contributed by atoms with van der Waals surface area (Å²) in [5, 5.41) is 4.45. The van der Waals surface area contributed by atoms with Crippen LogP contribution in [0.5, 0.6) is 5.75 Å². The number of halogens is 2. The van der Waals surface area contributed by atoms with E-state index in [1.54, 1.807) is 24.3 Å². The standard InChI is InChI=1S/C19H14ClFN2O4S/c1-27-15-5-2-10(7-16-18(25)23-19(26)28-16)6-11(15)8-17(24)22-14-4-3-12(20)9-13(14)21/h2-7,9H,8H2,1H3,(H,22,24)(H,23,25,26)/b16-7-. The van der Waals surface area contributed by atoms with E-state index in [0.29, 0.717) is 16.9 Å². The fourth-order valence-electron chi connectivity index (χ4n) is 2.56. The van der Waals surface area contributed by atoms with E-state index in [4.69, 9.17) is 16.3 Å². The fourth-order valence-corrected chi connectivity index (χ4v) is 3.40. The molecule has 0 radical (unpaired) electrons. The summed E-state index contributed by atoms with van der Waals surface area (Å²) in [7, 11) is 1.46. The van der Waals surface area contributed by atoms with Crippen molar-refractivity contribution in [2.45, 2.75) is 6.42 Å². The lowest BCUT2D eigenvalue weighted by Crippen LogP contribution is -2.17. The molecule has 2 N–H and O–H groups in total. The first-order valence-electron chi connectivity index (χ1n) is 8.02. The van der Waals surface area contributed by atoms with Crippen molar-refractivity contribution in [1.29, 1.82) is 0 Å². The van der Waals surface area contributed by atoms with Crippen LogP contribution in [0.3, 0.4) is 0 Å². The Hall–Kier alpha value is -2.84. The molecule has 9 heteroatoms. The normalized spacial score (nSPS) is 14.9. The van der Waals surface area contributed by atoms with E-state index in [2.05, 4.69) is 10.6 Å². The van der Waals surface area contributed by atoms with Crippen LogP contribution in [0.1, 0.15) is 11.1 Å². The molecule has 0 atom stereocenters. The van der Waals surface area contributed by atoms with Gasteiger partial charge in [0, 0.05) is 10.6 Å². The molecule has 0 aliphatic carbocycles. The molecular weight excluding hydrogens is 407 g/mol. The van der Waals surface area contributed by atoms with Gasteiger partial charge in [0.2, 0.25) is 5.91 Å². The molecule has 3 rings (SSSR count). The highest BCUT2D eigenvalue weighted by Crippen LogP contribution is 2.28. The number of carbonyl (C=O) groups is 3. The summed E-state index contributed by atoms with van der Waals surface area (Å²) in [5.74, 6) is -1.09. The lowest BCUT2D eigenvalue weighted by molar-refractivity contribution is -0.116. The number of hydrogen-bond acceptors (Lipinski definition) is 5. The molecule has 0 spiro atoms. The molecule has 6 nitrogen and oxygen atoms in total. The van der Waals surface area contributed by atoms with E-state index in [1.165, 1.54) is 19.2 Å². The molecule has 3 amide bonds. The van der Waals surface area contributed by atoms with E-state index < -0.39 is 22.9 Å². The maximum Gasteiger partial charge on any atom is 0.290 e. The minimum atomic E-state index is -0.639. The summed E-state index contributed by atoms with van der Waals surface area (Å²) >= 11 is 6.50. The van der Waals surface area contributed by atoms with Gasteiger partial charge in [-0.2, -0.15) is 0 Å². The number of amides is 3. The highest BCUT2D eigenvalue weighted by atomic mass is 35.5. The second kappa shape index (κ2) is 8.45. The molecule has 1 heterocycles. The summed E-state index contributed by atoms with van der Waals surface area (Å²) in [6, 6.07) is 8.97. The topological polar surface area (TPSA) is 84.5 Å². The van der Waals surface area contributed by atoms with Crippen LogP contribution in [0.4, 0.5) is 14.9 Å². The van der Waals surface area contributed by atoms with Gasteiger partial charge < -0.3 is 10.1 Å². The number of benzene rings is 2. The first-order valence-corrected chi connectivity index (χ1v) is 9.22. The smallest absolute Gasteiger partial charge is 0.290 e. The zero-order valence-electron chi connectivity index (χ0n) is 14.5. The van der Waals surface area contributed by atoms with Gasteiger partial charge in [-0.15, -0.1) is 0 Å². The van der Waals surface area contributed by atoms with Crippen LogP contribution in [0.2, 0.25) is 5.02 Å². The van der Waals surface area contributed by atoms with Crippen LogP contribution >= 0.6 is 23.4 Å². The highest BCUT2D eigenvalue weighted by Gasteiger charge is 2.25. The van der Waals surface area contributed by atoms with Gasteiger partial charge in [-0.3, -0.25) is 19.7 Å². The number of imide groups is 1. The first kappa shape index (κ1) is 19.9. The fraction of sp³-hybridized carbons (Fsp3) is 0.105. The van der Waals surface area contributed by atoms with Gasteiger partial charge in [0.1, 0.15) is 11.6 Å². The van der Waals surface area contributed by atoms with Crippen LogP contribution in [-0.4, -0.2) is 24.2 Å². The second-order valence-electron chi connectivity index (χ2n) is 5.77. The largest absolute Gasteiger partial charge is 0.496 e. The Morgan fingerprint density at radius 2 is 2.07 bits per heavy atom. The number of hydrogen-bond donors (Lipinski definition) is 2. The van der Waals surface area contributed by atoms with Gasteiger partial charge in [-0.05, 0) is 53.7 Å². The molecule has 0 unspecified atom stereocenters. The number of rotatable bonds is 5. The van der Waals surface area contributed by atoms with Crippen molar-refractivity contribution in [2.24, 2.45) is 0 Å². The molecule has 1 aliphatic heterocycles. The molecule has 0 saturated carbocycles. The van der Waals surface area contributed by atoms with Crippen molar-refractivity contribution in [2.75, 3.05) is 12.4 Å². The summed E-state index contributed by atoms with van der Waals surface area (Å²) in [5.41, 5.74) is 1.18. The number of anilines is 1. The van der Waals surface area contributed by atoms with Crippen molar-refractivity contribution in [1.82, 2.24) is 5.32 Å². The van der Waals surface area contributed by atoms with Crippen molar-refractivity contribution < 1.29 is 23.5 Å². The van der Waals surface area contributed by atoms with Gasteiger partial charge in [0.15, 0.2) is 0 Å². The Balaban J connectivity index is 1.80. The SMILES string of the molecule is COc1ccc(/C=C2\SC(=O)NC2=O)cc1CC(=O)Nc1ccc(Cl)cc1F. The highest BCUT2D eigenvalue weighted by molar-refractivity contribution is 8.18. The minimum absolute atomic E-state index is 0.0178. The molecule has 2 aromatic rings. The van der Waals surface area contributed by atoms with Crippen molar-refractivity contribution in [3.63, 3.8) is 0 Å². The zero-order chi connectivity index (χ0) is 20.3. The van der Waals surface area contributed by atoms with E-state index >= 15 is 0 Å². The van der Waals surface area contributed by atoms with E-state index in [0.717, 1.165) is 17.8 Å². The Morgan fingerprint density at radius 1 is 1.29 bits per heavy atom. The Morgan fingerprint density at radius 3 is 2.71 bits per heavy atom. The lowest BCUT2D eigenvalue weighted by atomic mass is 10.1. The van der Waals surface area contributed by atoms with Crippen LogP contribution in [0.25, 0.3) is 6.08 Å². The maximum absolute atomic E-state index is 13.9. The van der Waals surface area contributed by atoms with Crippen molar-refractivity contribution in [3.8, 4) is 5.75 Å². The third-order valence-corrected chi connectivity index (χ3v) is 4.85. The molecule has 0 aromatic heterocycles. The van der Waals surface area contributed by atoms with Crippen molar-refractivity contribution >= 4 is 52.2 Å². The molecule has 28 heavy (non-hydrogen) atoms. The maximum atomic E-state index is 13.9. The van der Waals surface area contributed by atoms with Crippen molar-refractivity contribution in [3.05, 3.63) is 63.3 Å².